The van der Waals surface area contributed by atoms with Crippen LogP contribution >= 0.6 is 0 Å². The molecule has 0 aromatic heterocycles. The van der Waals surface area contributed by atoms with E-state index in [9.17, 15) is 10.0 Å². The molecular weight excluding hydrogens is 194 g/mol. The van der Waals surface area contributed by atoms with Gasteiger partial charge in [0.1, 0.15) is 5.70 Å². The molecule has 5 heteroatoms. The van der Waals surface area contributed by atoms with E-state index in [2.05, 4.69) is 10.4 Å². The number of carbonyl (C=O) groups is 1. The Morgan fingerprint density at radius 2 is 2.27 bits per heavy atom. The summed E-state index contributed by atoms with van der Waals surface area (Å²) in [5.41, 5.74) is 1.46. The molecule has 0 fully saturated rings. The number of allylic oxidation sites excluding steroid dienone is 4. The lowest BCUT2D eigenvalue weighted by molar-refractivity contribution is -0.431. The first-order valence-corrected chi connectivity index (χ1v) is 4.73. The zero-order valence-electron chi connectivity index (χ0n) is 8.51. The summed E-state index contributed by atoms with van der Waals surface area (Å²) in [6.07, 6.45) is 8.79. The molecule has 0 saturated carbocycles. The molecule has 5 nitrogen and oxygen atoms in total. The van der Waals surface area contributed by atoms with Gasteiger partial charge in [-0.2, -0.15) is 0 Å². The van der Waals surface area contributed by atoms with Crippen LogP contribution in [0.2, 0.25) is 0 Å². The third kappa shape index (κ3) is 3.38. The Labute approximate surface area is 88.1 Å². The molecule has 1 N–H and O–H groups in total. The molecule has 1 aliphatic rings. The van der Waals surface area contributed by atoms with E-state index in [1.807, 2.05) is 19.1 Å². The van der Waals surface area contributed by atoms with E-state index in [1.54, 1.807) is 12.4 Å². The van der Waals surface area contributed by atoms with Crippen molar-refractivity contribution in [2.24, 2.45) is 5.11 Å². The van der Waals surface area contributed by atoms with Gasteiger partial charge in [0.05, 0.1) is 0 Å². The van der Waals surface area contributed by atoms with Gasteiger partial charge in [0, 0.05) is 23.1 Å². The van der Waals surface area contributed by atoms with Crippen LogP contribution in [0.25, 0.3) is 0 Å². The van der Waals surface area contributed by atoms with Crippen molar-refractivity contribution in [3.05, 3.63) is 41.0 Å². The smallest absolute Gasteiger partial charge is 0.411 e. The van der Waals surface area contributed by atoms with Crippen LogP contribution in [0.3, 0.4) is 0 Å². The summed E-state index contributed by atoms with van der Waals surface area (Å²) >= 11 is 0. The number of dihydropyridines is 1. The van der Waals surface area contributed by atoms with Crippen LogP contribution in [0.4, 0.5) is 0 Å². The molecule has 0 unspecified atom stereocenters. The average Bonchev–Trinajstić information content (AvgIpc) is 2.29. The Morgan fingerprint density at radius 1 is 1.60 bits per heavy atom. The summed E-state index contributed by atoms with van der Waals surface area (Å²) in [6, 6.07) is 0. The normalized spacial score (nSPS) is 15.0. The number of amides is 1. The first-order valence-electron chi connectivity index (χ1n) is 4.73. The van der Waals surface area contributed by atoms with E-state index in [4.69, 9.17) is 0 Å². The number of rotatable bonds is 4. The van der Waals surface area contributed by atoms with Crippen LogP contribution in [0.1, 0.15) is 19.8 Å². The van der Waals surface area contributed by atoms with Crippen molar-refractivity contribution < 1.29 is 9.66 Å². The molecule has 0 bridgehead atoms. The minimum absolute atomic E-state index is 0.0434. The van der Waals surface area contributed by atoms with Gasteiger partial charge in [-0.05, 0) is 23.4 Å². The number of nitrogens with zero attached hydrogens (tertiary/aromatic N) is 2. The molecule has 1 aliphatic heterocycles. The third-order valence-electron chi connectivity index (χ3n) is 1.85. The minimum atomic E-state index is 0.0434. The molecule has 1 amide bonds. The number of nitrogens with one attached hydrogen (secondary N) is 1. The van der Waals surface area contributed by atoms with Crippen molar-refractivity contribution in [3.8, 4) is 0 Å². The maximum absolute atomic E-state index is 10.8. The fourth-order valence-electron chi connectivity index (χ4n) is 1.21. The average molecular weight is 207 g/mol. The van der Waals surface area contributed by atoms with Crippen LogP contribution in [0.5, 0.6) is 0 Å². The quantitative estimate of drug-likeness (QED) is 0.331. The highest BCUT2D eigenvalue weighted by molar-refractivity contribution is 5.38. The molecule has 1 heterocycles. The number of carbonyl (C=O) groups excluding carboxylic acids is 1. The summed E-state index contributed by atoms with van der Waals surface area (Å²) in [7, 11) is 0. The second-order valence-electron chi connectivity index (χ2n) is 2.99. The molecule has 0 saturated heterocycles. The second-order valence-corrected chi connectivity index (χ2v) is 2.99. The molecule has 0 atom stereocenters. The van der Waals surface area contributed by atoms with Crippen LogP contribution < -0.4 is 5.32 Å². The van der Waals surface area contributed by atoms with Gasteiger partial charge in [0.15, 0.2) is 0 Å². The van der Waals surface area contributed by atoms with E-state index in [1.165, 1.54) is 0 Å². The predicted molar refractivity (Wildman–Crippen MR) is 55.5 cm³/mol. The van der Waals surface area contributed by atoms with Gasteiger partial charge < -0.3 is 10.5 Å². The van der Waals surface area contributed by atoms with Gasteiger partial charge in [0.25, 0.3) is 0 Å². The van der Waals surface area contributed by atoms with E-state index in [0.29, 0.717) is 12.1 Å². The van der Waals surface area contributed by atoms with Gasteiger partial charge in [-0.15, -0.1) is 0 Å². The predicted octanol–water partition coefficient (Wildman–Crippen LogP) is 1.79. The lowest BCUT2D eigenvalue weighted by Gasteiger charge is -2.05. The number of hydrogen-bond donors (Lipinski definition) is 1. The highest BCUT2D eigenvalue weighted by Gasteiger charge is 2.06. The second kappa shape index (κ2) is 5.74. The lowest BCUT2D eigenvalue weighted by Crippen LogP contribution is -2.01. The van der Waals surface area contributed by atoms with Crippen LogP contribution in [-0.4, -0.2) is 11.3 Å². The maximum Gasteiger partial charge on any atom is 0.411 e. The molecule has 0 aromatic carbocycles. The molecule has 0 aromatic rings. The first-order chi connectivity index (χ1) is 7.27. The topological polar surface area (TPSA) is 67.5 Å². The van der Waals surface area contributed by atoms with Crippen LogP contribution in [0.15, 0.2) is 40.9 Å². The van der Waals surface area contributed by atoms with Crippen molar-refractivity contribution in [2.75, 3.05) is 0 Å². The van der Waals surface area contributed by atoms with Crippen molar-refractivity contribution in [2.45, 2.75) is 19.8 Å². The van der Waals surface area contributed by atoms with Crippen molar-refractivity contribution >= 4 is 6.41 Å². The van der Waals surface area contributed by atoms with Crippen molar-refractivity contribution in [3.63, 3.8) is 0 Å². The first kappa shape index (κ1) is 11.2. The zero-order valence-corrected chi connectivity index (χ0v) is 8.51. The Kier molecular flexibility index (Phi) is 4.28. The van der Waals surface area contributed by atoms with E-state index >= 15 is 0 Å². The van der Waals surface area contributed by atoms with Crippen LogP contribution in [0, 0.1) is 5.21 Å². The molecule has 0 radical (unpaired) electrons. The van der Waals surface area contributed by atoms with Gasteiger partial charge in [0.2, 0.25) is 0 Å². The lowest BCUT2D eigenvalue weighted by atomic mass is 10.1. The fourth-order valence-corrected chi connectivity index (χ4v) is 1.21. The maximum atomic E-state index is 10.8. The largest absolute Gasteiger partial charge is 0.592 e. The van der Waals surface area contributed by atoms with E-state index in [0.717, 1.165) is 12.0 Å². The fraction of sp³-hybridized carbons (Fsp3) is 0.300. The number of hydroxylamine groups is 1. The van der Waals surface area contributed by atoms with Crippen molar-refractivity contribution in [1.82, 2.24) is 5.32 Å². The monoisotopic (exact) mass is 207 g/mol. The number of azo groups is 1. The highest BCUT2D eigenvalue weighted by atomic mass is 16.5. The zero-order chi connectivity index (χ0) is 11.1. The van der Waals surface area contributed by atoms with Gasteiger partial charge in [-0.3, -0.25) is 0 Å². The SMILES string of the molecule is CCCC(N=[N+]([O-])C=O)=C1C=CNC=C1. The molecule has 0 spiro atoms. The molecular formula is C10H13N3O2. The van der Waals surface area contributed by atoms with Gasteiger partial charge in [-0.1, -0.05) is 13.3 Å². The minimum Gasteiger partial charge on any atom is -0.592 e. The standard InChI is InChI=1S/C10H13N3O2/c1-2-3-10(12-13(15)8-14)9-4-6-11-7-5-9/h4-8,11H,2-3H2,1H3. The van der Waals surface area contributed by atoms with E-state index in [-0.39, 0.29) is 11.3 Å². The third-order valence-corrected chi connectivity index (χ3v) is 1.85. The van der Waals surface area contributed by atoms with E-state index < -0.39 is 0 Å². The Morgan fingerprint density at radius 3 is 2.80 bits per heavy atom. The summed E-state index contributed by atoms with van der Waals surface area (Å²) in [4.78, 5) is 10.2. The molecule has 1 rings (SSSR count). The van der Waals surface area contributed by atoms with Gasteiger partial charge in [-0.25, -0.2) is 4.79 Å². The summed E-state index contributed by atoms with van der Waals surface area (Å²) in [6.45, 7) is 1.99. The molecule has 80 valence electrons. The Balaban J connectivity index is 2.99. The summed E-state index contributed by atoms with van der Waals surface area (Å²) in [5, 5.41) is 17.4. The summed E-state index contributed by atoms with van der Waals surface area (Å²) in [5.74, 6) is 0. The Hall–Kier alpha value is -1.91. The van der Waals surface area contributed by atoms with Crippen LogP contribution in [-0.2, 0) is 4.79 Å². The van der Waals surface area contributed by atoms with Gasteiger partial charge >= 0.3 is 6.41 Å². The highest BCUT2D eigenvalue weighted by Crippen LogP contribution is 2.16. The molecule has 0 aliphatic carbocycles. The molecule has 15 heavy (non-hydrogen) atoms. The Bertz CT molecular complexity index is 340. The van der Waals surface area contributed by atoms with Crippen molar-refractivity contribution in [1.29, 1.82) is 0 Å². The number of hydrogen-bond acceptors (Lipinski definition) is 4. The summed E-state index contributed by atoms with van der Waals surface area (Å²) < 4.78 is 0.